The van der Waals surface area contributed by atoms with Gasteiger partial charge in [-0.05, 0) is 37.8 Å². The molecule has 20 heavy (non-hydrogen) atoms. The number of nitrogens with zero attached hydrogens (tertiary/aromatic N) is 2. The number of nitrogens with one attached hydrogen (secondary N) is 1. The van der Waals surface area contributed by atoms with Gasteiger partial charge in [0.15, 0.2) is 10.2 Å². The molecule has 0 aromatic carbocycles. The predicted molar refractivity (Wildman–Crippen MR) is 77.3 cm³/mol. The summed E-state index contributed by atoms with van der Waals surface area (Å²) < 4.78 is 29.3. The zero-order valence-corrected chi connectivity index (χ0v) is 12.7. The Morgan fingerprint density at radius 2 is 2.20 bits per heavy atom. The molecule has 1 fully saturated rings. The molecule has 1 saturated carbocycles. The number of fused-ring (bicyclic) bond motifs is 1. The molecule has 1 aliphatic carbocycles. The van der Waals surface area contributed by atoms with Crippen LogP contribution in [0, 0.1) is 5.92 Å². The number of pyridine rings is 1. The Kier molecular flexibility index (Phi) is 3.48. The van der Waals surface area contributed by atoms with E-state index in [4.69, 9.17) is 11.6 Å². The van der Waals surface area contributed by atoms with Crippen molar-refractivity contribution >= 4 is 27.3 Å². The SMILES string of the molecule is CC(NS(=O)(=O)c1c(Cl)nc2ccccn12)C1CCC1. The minimum Gasteiger partial charge on any atom is -0.288 e. The molecule has 0 amide bonds. The Hall–Kier alpha value is -1.11. The monoisotopic (exact) mass is 313 g/mol. The first kappa shape index (κ1) is 13.9. The van der Waals surface area contributed by atoms with Crippen LogP contribution in [0.2, 0.25) is 5.15 Å². The molecule has 1 unspecified atom stereocenters. The van der Waals surface area contributed by atoms with Gasteiger partial charge in [0.05, 0.1) is 0 Å². The van der Waals surface area contributed by atoms with Gasteiger partial charge in [-0.25, -0.2) is 18.1 Å². The molecule has 2 aromatic rings. The van der Waals surface area contributed by atoms with Gasteiger partial charge in [0, 0.05) is 12.2 Å². The second-order valence-corrected chi connectivity index (χ2v) is 7.22. The van der Waals surface area contributed by atoms with E-state index < -0.39 is 10.0 Å². The van der Waals surface area contributed by atoms with Crippen LogP contribution in [-0.4, -0.2) is 23.8 Å². The average molecular weight is 314 g/mol. The molecule has 7 heteroatoms. The lowest BCUT2D eigenvalue weighted by Gasteiger charge is -2.31. The van der Waals surface area contributed by atoms with Crippen LogP contribution in [0.15, 0.2) is 29.4 Å². The first-order chi connectivity index (χ1) is 9.49. The van der Waals surface area contributed by atoms with Crippen LogP contribution in [0.25, 0.3) is 5.65 Å². The number of imidazole rings is 1. The lowest BCUT2D eigenvalue weighted by molar-refractivity contribution is 0.260. The van der Waals surface area contributed by atoms with Gasteiger partial charge in [-0.2, -0.15) is 0 Å². The summed E-state index contributed by atoms with van der Waals surface area (Å²) in [5, 5.41) is 0.0189. The molecule has 0 radical (unpaired) electrons. The highest BCUT2D eigenvalue weighted by atomic mass is 35.5. The van der Waals surface area contributed by atoms with Crippen molar-refractivity contribution < 1.29 is 8.42 Å². The van der Waals surface area contributed by atoms with Crippen molar-refractivity contribution in [1.82, 2.24) is 14.1 Å². The Morgan fingerprint density at radius 1 is 1.45 bits per heavy atom. The molecular weight excluding hydrogens is 298 g/mol. The normalized spacial score (nSPS) is 18.1. The number of rotatable bonds is 4. The molecule has 2 aromatic heterocycles. The van der Waals surface area contributed by atoms with Gasteiger partial charge < -0.3 is 0 Å². The fraction of sp³-hybridized carbons (Fsp3) is 0.462. The number of halogens is 1. The first-order valence-electron chi connectivity index (χ1n) is 6.64. The van der Waals surface area contributed by atoms with Gasteiger partial charge >= 0.3 is 0 Å². The lowest BCUT2D eigenvalue weighted by atomic mass is 9.81. The van der Waals surface area contributed by atoms with Gasteiger partial charge in [0.1, 0.15) is 5.65 Å². The summed E-state index contributed by atoms with van der Waals surface area (Å²) in [6.45, 7) is 1.90. The zero-order chi connectivity index (χ0) is 14.3. The van der Waals surface area contributed by atoms with Crippen LogP contribution in [0.4, 0.5) is 0 Å². The Balaban J connectivity index is 1.98. The average Bonchev–Trinajstić information content (AvgIpc) is 2.61. The van der Waals surface area contributed by atoms with Crippen molar-refractivity contribution in [2.75, 3.05) is 0 Å². The highest BCUT2D eigenvalue weighted by Crippen LogP contribution is 2.31. The lowest BCUT2D eigenvalue weighted by Crippen LogP contribution is -2.41. The third-order valence-electron chi connectivity index (χ3n) is 3.90. The van der Waals surface area contributed by atoms with E-state index >= 15 is 0 Å². The standard InChI is InChI=1S/C13H16ClN3O2S/c1-9(10-5-4-6-10)16-20(18,19)13-12(14)15-11-7-2-3-8-17(11)13/h2-3,7-10,16H,4-6H2,1H3. The van der Waals surface area contributed by atoms with Crippen molar-refractivity contribution in [2.24, 2.45) is 5.92 Å². The summed E-state index contributed by atoms with van der Waals surface area (Å²) >= 11 is 6.01. The van der Waals surface area contributed by atoms with Crippen LogP contribution in [0.3, 0.4) is 0 Å². The Morgan fingerprint density at radius 3 is 2.85 bits per heavy atom. The smallest absolute Gasteiger partial charge is 0.260 e. The molecular formula is C13H16ClN3O2S. The zero-order valence-electron chi connectivity index (χ0n) is 11.1. The van der Waals surface area contributed by atoms with E-state index in [1.165, 1.54) is 10.8 Å². The van der Waals surface area contributed by atoms with E-state index in [9.17, 15) is 8.42 Å². The second-order valence-electron chi connectivity index (χ2n) is 5.24. The predicted octanol–water partition coefficient (Wildman–Crippen LogP) is 2.45. The summed E-state index contributed by atoms with van der Waals surface area (Å²) in [6, 6.07) is 5.18. The van der Waals surface area contributed by atoms with E-state index in [-0.39, 0.29) is 16.2 Å². The molecule has 0 aliphatic heterocycles. The third-order valence-corrected chi connectivity index (χ3v) is 5.86. The van der Waals surface area contributed by atoms with Crippen molar-refractivity contribution in [1.29, 1.82) is 0 Å². The van der Waals surface area contributed by atoms with Crippen LogP contribution >= 0.6 is 11.6 Å². The van der Waals surface area contributed by atoms with Gasteiger partial charge in [-0.15, -0.1) is 0 Å². The topological polar surface area (TPSA) is 63.5 Å². The fourth-order valence-electron chi connectivity index (χ4n) is 2.52. The fourth-order valence-corrected chi connectivity index (χ4v) is 4.48. The van der Waals surface area contributed by atoms with Crippen molar-refractivity contribution in [3.63, 3.8) is 0 Å². The second kappa shape index (κ2) is 5.02. The minimum absolute atomic E-state index is 0.00418. The maximum absolute atomic E-state index is 12.5. The number of aromatic nitrogens is 2. The molecule has 2 heterocycles. The van der Waals surface area contributed by atoms with E-state index in [1.807, 2.05) is 6.92 Å². The van der Waals surface area contributed by atoms with E-state index in [0.29, 0.717) is 11.6 Å². The first-order valence-corrected chi connectivity index (χ1v) is 8.50. The van der Waals surface area contributed by atoms with Crippen LogP contribution in [0.5, 0.6) is 0 Å². The van der Waals surface area contributed by atoms with E-state index in [2.05, 4.69) is 9.71 Å². The Labute approximate surface area is 123 Å². The minimum atomic E-state index is -3.68. The highest BCUT2D eigenvalue weighted by Gasteiger charge is 2.31. The number of hydrogen-bond acceptors (Lipinski definition) is 3. The maximum atomic E-state index is 12.5. The van der Waals surface area contributed by atoms with Crippen molar-refractivity contribution in [3.05, 3.63) is 29.5 Å². The summed E-state index contributed by atoms with van der Waals surface area (Å²) in [4.78, 5) is 4.07. The van der Waals surface area contributed by atoms with E-state index in [1.54, 1.807) is 24.4 Å². The van der Waals surface area contributed by atoms with Crippen molar-refractivity contribution in [2.45, 2.75) is 37.3 Å². The van der Waals surface area contributed by atoms with Crippen LogP contribution < -0.4 is 4.72 Å². The van der Waals surface area contributed by atoms with Crippen LogP contribution in [-0.2, 0) is 10.0 Å². The summed E-state index contributed by atoms with van der Waals surface area (Å²) in [6.07, 6.45) is 4.97. The molecule has 108 valence electrons. The summed E-state index contributed by atoms with van der Waals surface area (Å²) in [5.41, 5.74) is 0.522. The molecule has 5 nitrogen and oxygen atoms in total. The molecule has 1 atom stereocenters. The molecule has 0 bridgehead atoms. The largest absolute Gasteiger partial charge is 0.288 e. The van der Waals surface area contributed by atoms with Gasteiger partial charge in [-0.3, -0.25) is 4.40 Å². The molecule has 0 spiro atoms. The third kappa shape index (κ3) is 2.32. The van der Waals surface area contributed by atoms with Gasteiger partial charge in [0.2, 0.25) is 0 Å². The van der Waals surface area contributed by atoms with Gasteiger partial charge in [0.25, 0.3) is 10.0 Å². The highest BCUT2D eigenvalue weighted by molar-refractivity contribution is 7.89. The number of hydrogen-bond donors (Lipinski definition) is 1. The summed E-state index contributed by atoms with van der Waals surface area (Å²) in [5.74, 6) is 0.419. The molecule has 1 aliphatic rings. The van der Waals surface area contributed by atoms with E-state index in [0.717, 1.165) is 12.8 Å². The maximum Gasteiger partial charge on any atom is 0.260 e. The molecule has 3 rings (SSSR count). The Bertz CT molecular complexity index is 737. The van der Waals surface area contributed by atoms with Crippen LogP contribution in [0.1, 0.15) is 26.2 Å². The summed E-state index contributed by atoms with van der Waals surface area (Å²) in [7, 11) is -3.68. The van der Waals surface area contributed by atoms with Gasteiger partial charge in [-0.1, -0.05) is 24.1 Å². The molecule has 1 N–H and O–H groups in total. The number of sulfonamides is 1. The molecule has 0 saturated heterocycles. The quantitative estimate of drug-likeness (QED) is 0.943. The van der Waals surface area contributed by atoms with Crippen molar-refractivity contribution in [3.8, 4) is 0 Å².